The van der Waals surface area contributed by atoms with Crippen molar-refractivity contribution in [3.05, 3.63) is 28.7 Å². The average Bonchev–Trinajstić information content (AvgIpc) is 2.89. The summed E-state index contributed by atoms with van der Waals surface area (Å²) < 4.78 is 27.2. The third kappa shape index (κ3) is 2.60. The Bertz CT molecular complexity index is 611. The molecule has 0 aromatic carbocycles. The summed E-state index contributed by atoms with van der Waals surface area (Å²) in [5.74, 6) is 0.489. The van der Waals surface area contributed by atoms with Crippen LogP contribution in [0.5, 0.6) is 0 Å². The molecular weight excluding hydrogens is 272 g/mol. The van der Waals surface area contributed by atoms with E-state index in [1.54, 1.807) is 13.0 Å². The van der Waals surface area contributed by atoms with Crippen LogP contribution in [-0.4, -0.2) is 23.6 Å². The molecule has 2 N–H and O–H groups in total. The molecule has 0 saturated carbocycles. The van der Waals surface area contributed by atoms with Gasteiger partial charge in [0.05, 0.1) is 6.04 Å². The lowest BCUT2D eigenvalue weighted by atomic mass is 10.3. The van der Waals surface area contributed by atoms with E-state index in [4.69, 9.17) is 0 Å². The third-order valence-electron chi connectivity index (χ3n) is 2.58. The number of hydrogen-bond donors (Lipinski definition) is 2. The van der Waals surface area contributed by atoms with Crippen LogP contribution in [0.15, 0.2) is 16.6 Å². The third-order valence-corrected chi connectivity index (χ3v) is 5.75. The predicted molar refractivity (Wildman–Crippen MR) is 68.9 cm³/mol. The highest BCUT2D eigenvalue weighted by molar-refractivity contribution is 7.91. The summed E-state index contributed by atoms with van der Waals surface area (Å²) in [5, 5.41) is 6.34. The van der Waals surface area contributed by atoms with E-state index in [-0.39, 0.29) is 0 Å². The second kappa shape index (κ2) is 4.79. The maximum absolute atomic E-state index is 12.1. The van der Waals surface area contributed by atoms with Crippen LogP contribution in [-0.2, 0) is 10.0 Å². The number of hydrogen-bond acceptors (Lipinski definition) is 5. The molecule has 6 nitrogen and oxygen atoms in total. The van der Waals surface area contributed by atoms with E-state index >= 15 is 0 Å². The summed E-state index contributed by atoms with van der Waals surface area (Å²) in [7, 11) is -3.51. The summed E-state index contributed by atoms with van der Waals surface area (Å²) in [4.78, 5) is 4.93. The molecule has 1 atom stereocenters. The summed E-state index contributed by atoms with van der Waals surface area (Å²) in [6, 6.07) is 1.23. The molecule has 2 aromatic rings. The van der Waals surface area contributed by atoms with Crippen LogP contribution in [0.25, 0.3) is 0 Å². The number of nitrogens with one attached hydrogen (secondary N) is 2. The second-order valence-corrected chi connectivity index (χ2v) is 7.22. The van der Waals surface area contributed by atoms with Crippen molar-refractivity contribution >= 4 is 21.4 Å². The van der Waals surface area contributed by atoms with Crippen molar-refractivity contribution in [2.45, 2.75) is 31.0 Å². The van der Waals surface area contributed by atoms with Crippen LogP contribution in [0.2, 0.25) is 0 Å². The minimum absolute atomic E-state index is 0.323. The first-order chi connectivity index (χ1) is 8.40. The topological polar surface area (TPSA) is 87.7 Å². The molecule has 0 aliphatic rings. The van der Waals surface area contributed by atoms with E-state index in [0.29, 0.717) is 10.0 Å². The summed E-state index contributed by atoms with van der Waals surface area (Å²) >= 11 is 1.26. The van der Waals surface area contributed by atoms with Crippen LogP contribution in [0.4, 0.5) is 0 Å². The fraction of sp³-hybridized carbons (Fsp3) is 0.400. The van der Waals surface area contributed by atoms with Crippen molar-refractivity contribution in [2.75, 3.05) is 0 Å². The van der Waals surface area contributed by atoms with Gasteiger partial charge in [-0.3, -0.25) is 5.10 Å². The first kappa shape index (κ1) is 13.2. The average molecular weight is 286 g/mol. The van der Waals surface area contributed by atoms with Crippen LogP contribution in [0.1, 0.15) is 29.2 Å². The van der Waals surface area contributed by atoms with Gasteiger partial charge in [-0.2, -0.15) is 5.10 Å². The number of aromatic nitrogens is 3. The van der Waals surface area contributed by atoms with Crippen molar-refractivity contribution in [2.24, 2.45) is 0 Å². The zero-order valence-corrected chi connectivity index (χ0v) is 11.9. The van der Waals surface area contributed by atoms with E-state index in [1.165, 1.54) is 17.7 Å². The number of H-pyrrole nitrogens is 1. The van der Waals surface area contributed by atoms with Gasteiger partial charge in [0.25, 0.3) is 10.0 Å². The van der Waals surface area contributed by atoms with Gasteiger partial charge in [0.15, 0.2) is 0 Å². The molecule has 0 fully saturated rings. The quantitative estimate of drug-likeness (QED) is 0.892. The van der Waals surface area contributed by atoms with E-state index < -0.39 is 16.1 Å². The van der Waals surface area contributed by atoms with Gasteiger partial charge >= 0.3 is 0 Å². The Morgan fingerprint density at radius 1 is 1.44 bits per heavy atom. The van der Waals surface area contributed by atoms with Gasteiger partial charge in [0.1, 0.15) is 16.4 Å². The summed E-state index contributed by atoms with van der Waals surface area (Å²) in [5.41, 5.74) is 0.979. The monoisotopic (exact) mass is 286 g/mol. The largest absolute Gasteiger partial charge is 0.262 e. The van der Waals surface area contributed by atoms with Crippen LogP contribution >= 0.6 is 11.3 Å². The maximum Gasteiger partial charge on any atom is 0.250 e. The van der Waals surface area contributed by atoms with Crippen LogP contribution in [0.3, 0.4) is 0 Å². The molecular formula is C10H14N4O2S2. The lowest BCUT2D eigenvalue weighted by Crippen LogP contribution is -2.27. The van der Waals surface area contributed by atoms with Crippen molar-refractivity contribution < 1.29 is 8.42 Å². The molecule has 8 heteroatoms. The molecule has 0 radical (unpaired) electrons. The lowest BCUT2D eigenvalue weighted by molar-refractivity contribution is 0.562. The van der Waals surface area contributed by atoms with Crippen molar-refractivity contribution in [3.63, 3.8) is 0 Å². The van der Waals surface area contributed by atoms with Gasteiger partial charge in [0.2, 0.25) is 0 Å². The highest BCUT2D eigenvalue weighted by Gasteiger charge is 2.22. The van der Waals surface area contributed by atoms with E-state index in [1.807, 2.05) is 13.8 Å². The molecule has 0 aliphatic carbocycles. The molecule has 18 heavy (non-hydrogen) atoms. The minimum Gasteiger partial charge on any atom is -0.262 e. The van der Waals surface area contributed by atoms with E-state index in [2.05, 4.69) is 19.9 Å². The first-order valence-electron chi connectivity index (χ1n) is 5.35. The molecule has 0 amide bonds. The number of aromatic amines is 1. The Labute approximate surface area is 110 Å². The molecule has 0 aliphatic heterocycles. The zero-order valence-electron chi connectivity index (χ0n) is 10.3. The number of aryl methyl sites for hydroxylation is 2. The van der Waals surface area contributed by atoms with Crippen LogP contribution < -0.4 is 4.72 Å². The second-order valence-electron chi connectivity index (χ2n) is 4.02. The van der Waals surface area contributed by atoms with Crippen molar-refractivity contribution in [1.29, 1.82) is 0 Å². The highest BCUT2D eigenvalue weighted by Crippen LogP contribution is 2.25. The molecule has 0 bridgehead atoms. The number of rotatable bonds is 4. The van der Waals surface area contributed by atoms with E-state index in [9.17, 15) is 8.42 Å². The van der Waals surface area contributed by atoms with Crippen molar-refractivity contribution in [3.8, 4) is 0 Å². The Hall–Kier alpha value is -1.25. The fourth-order valence-electron chi connectivity index (χ4n) is 1.44. The zero-order chi connectivity index (χ0) is 13.3. The fourth-order valence-corrected chi connectivity index (χ4v) is 4.18. The Morgan fingerprint density at radius 2 is 2.17 bits per heavy atom. The summed E-state index contributed by atoms with van der Waals surface area (Å²) in [6.45, 7) is 5.51. The molecule has 2 heterocycles. The molecule has 98 valence electrons. The first-order valence-corrected chi connectivity index (χ1v) is 7.65. The Balaban J connectivity index is 2.22. The minimum atomic E-state index is -3.51. The predicted octanol–water partition coefficient (Wildman–Crippen LogP) is 1.52. The summed E-state index contributed by atoms with van der Waals surface area (Å²) in [6.07, 6.45) is 1.35. The SMILES string of the molecule is Cc1cc(S(=O)(=O)NC(C)c2ncn[nH]2)sc1C. The van der Waals surface area contributed by atoms with E-state index in [0.717, 1.165) is 10.4 Å². The molecule has 0 spiro atoms. The van der Waals surface area contributed by atoms with Gasteiger partial charge in [-0.1, -0.05) is 0 Å². The van der Waals surface area contributed by atoms with Crippen LogP contribution in [0, 0.1) is 13.8 Å². The molecule has 2 rings (SSSR count). The molecule has 2 aromatic heterocycles. The van der Waals surface area contributed by atoms with Gasteiger partial charge in [-0.25, -0.2) is 18.1 Å². The highest BCUT2D eigenvalue weighted by atomic mass is 32.2. The number of nitrogens with zero attached hydrogens (tertiary/aromatic N) is 2. The molecule has 0 saturated heterocycles. The normalized spacial score (nSPS) is 13.7. The number of sulfonamides is 1. The Kier molecular flexibility index (Phi) is 3.51. The lowest BCUT2D eigenvalue weighted by Gasteiger charge is -2.10. The Morgan fingerprint density at radius 3 is 2.67 bits per heavy atom. The van der Waals surface area contributed by atoms with Gasteiger partial charge in [-0.15, -0.1) is 11.3 Å². The standard InChI is InChI=1S/C10H14N4O2S2/c1-6-4-9(17-8(6)3)18(15,16)14-7(2)10-11-5-12-13-10/h4-5,7,14H,1-3H3,(H,11,12,13). The van der Waals surface area contributed by atoms with Gasteiger partial charge < -0.3 is 0 Å². The maximum atomic E-state index is 12.1. The van der Waals surface area contributed by atoms with Gasteiger partial charge in [-0.05, 0) is 32.4 Å². The van der Waals surface area contributed by atoms with Gasteiger partial charge in [0, 0.05) is 4.88 Å². The van der Waals surface area contributed by atoms with Crippen molar-refractivity contribution in [1.82, 2.24) is 19.9 Å². The number of thiophene rings is 1. The molecule has 1 unspecified atom stereocenters. The smallest absolute Gasteiger partial charge is 0.250 e.